The predicted octanol–water partition coefficient (Wildman–Crippen LogP) is 0.321. The number of carbonyl (C=O) groups is 2. The number of aliphatic hydroxyl groups excluding tert-OH is 2. The van der Waals surface area contributed by atoms with Crippen molar-refractivity contribution < 1.29 is 19.8 Å². The van der Waals surface area contributed by atoms with E-state index in [0.29, 0.717) is 13.1 Å². The second-order valence-electron chi connectivity index (χ2n) is 4.89. The molecule has 0 spiro atoms. The van der Waals surface area contributed by atoms with Crippen molar-refractivity contribution in [1.82, 2.24) is 10.6 Å². The molecule has 0 fully saturated rings. The topological polar surface area (TPSA) is 98.7 Å². The smallest absolute Gasteiger partial charge is 0.252 e. The van der Waals surface area contributed by atoms with E-state index in [-0.39, 0.29) is 0 Å². The number of aliphatic hydroxyl groups is 2. The van der Waals surface area contributed by atoms with Crippen molar-refractivity contribution in [2.45, 2.75) is 64.6 Å². The standard InChI is InChI=1S/C14H28N2O4/c1-3-5-7-9-15-13(19)11(17)12(18)14(20)16-10-8-6-4-2/h11-12,17-18H,3-10H2,1-2H3,(H,15,19)(H,16,20)/t11-,12+. The summed E-state index contributed by atoms with van der Waals surface area (Å²) in [6, 6.07) is 0. The first-order valence-corrected chi connectivity index (χ1v) is 7.46. The molecule has 6 nitrogen and oxygen atoms in total. The Morgan fingerprint density at radius 2 is 1.15 bits per heavy atom. The Kier molecular flexibility index (Phi) is 11.0. The van der Waals surface area contributed by atoms with E-state index in [9.17, 15) is 19.8 Å². The minimum Gasteiger partial charge on any atom is -0.380 e. The summed E-state index contributed by atoms with van der Waals surface area (Å²) in [7, 11) is 0. The van der Waals surface area contributed by atoms with Gasteiger partial charge in [-0.15, -0.1) is 0 Å². The van der Waals surface area contributed by atoms with Crippen LogP contribution in [0.15, 0.2) is 0 Å². The Morgan fingerprint density at radius 3 is 1.45 bits per heavy atom. The summed E-state index contributed by atoms with van der Waals surface area (Å²) in [5.74, 6) is -1.42. The van der Waals surface area contributed by atoms with E-state index in [4.69, 9.17) is 0 Å². The van der Waals surface area contributed by atoms with Gasteiger partial charge in [-0.1, -0.05) is 39.5 Å². The molecule has 0 aliphatic rings. The van der Waals surface area contributed by atoms with Crippen LogP contribution >= 0.6 is 0 Å². The van der Waals surface area contributed by atoms with Crippen LogP contribution in [0.3, 0.4) is 0 Å². The quantitative estimate of drug-likeness (QED) is 0.412. The van der Waals surface area contributed by atoms with Crippen molar-refractivity contribution >= 4 is 11.8 Å². The molecule has 0 radical (unpaired) electrons. The van der Waals surface area contributed by atoms with E-state index in [2.05, 4.69) is 10.6 Å². The van der Waals surface area contributed by atoms with Gasteiger partial charge in [0.1, 0.15) is 0 Å². The SMILES string of the molecule is CCCCCNC(=O)[C@@H](O)[C@@H](O)C(=O)NCCCCC. The minimum absolute atomic E-state index is 0.439. The Labute approximate surface area is 120 Å². The fourth-order valence-corrected chi connectivity index (χ4v) is 1.67. The van der Waals surface area contributed by atoms with Crippen LogP contribution in [0.25, 0.3) is 0 Å². The highest BCUT2D eigenvalue weighted by molar-refractivity contribution is 5.90. The third kappa shape index (κ3) is 8.12. The fourth-order valence-electron chi connectivity index (χ4n) is 1.67. The van der Waals surface area contributed by atoms with Crippen LogP contribution in [-0.2, 0) is 9.59 Å². The summed E-state index contributed by atoms with van der Waals surface area (Å²) in [6.45, 7) is 4.97. The van der Waals surface area contributed by atoms with Crippen LogP contribution in [0.1, 0.15) is 52.4 Å². The average Bonchev–Trinajstić information content (AvgIpc) is 2.46. The summed E-state index contributed by atoms with van der Waals surface area (Å²) < 4.78 is 0. The number of nitrogens with one attached hydrogen (secondary N) is 2. The van der Waals surface area contributed by atoms with Gasteiger partial charge >= 0.3 is 0 Å². The van der Waals surface area contributed by atoms with Crippen LogP contribution in [0.2, 0.25) is 0 Å². The normalized spacial score (nSPS) is 13.6. The molecular formula is C14H28N2O4. The Morgan fingerprint density at radius 1 is 0.800 bits per heavy atom. The Hall–Kier alpha value is -1.14. The van der Waals surface area contributed by atoms with Gasteiger partial charge in [0, 0.05) is 13.1 Å². The first-order chi connectivity index (χ1) is 9.54. The van der Waals surface area contributed by atoms with Crippen LogP contribution in [-0.4, -0.2) is 47.3 Å². The van der Waals surface area contributed by atoms with Crippen molar-refractivity contribution in [3.05, 3.63) is 0 Å². The van der Waals surface area contributed by atoms with Crippen molar-refractivity contribution in [2.24, 2.45) is 0 Å². The third-order valence-electron chi connectivity index (χ3n) is 3.00. The maximum Gasteiger partial charge on any atom is 0.252 e. The zero-order valence-electron chi connectivity index (χ0n) is 12.5. The van der Waals surface area contributed by atoms with Crippen LogP contribution in [0.5, 0.6) is 0 Å². The monoisotopic (exact) mass is 288 g/mol. The van der Waals surface area contributed by atoms with Crippen molar-refractivity contribution in [1.29, 1.82) is 0 Å². The second kappa shape index (κ2) is 11.7. The van der Waals surface area contributed by atoms with Crippen LogP contribution in [0.4, 0.5) is 0 Å². The van der Waals surface area contributed by atoms with E-state index < -0.39 is 24.0 Å². The van der Waals surface area contributed by atoms with E-state index in [1.165, 1.54) is 0 Å². The van der Waals surface area contributed by atoms with Gasteiger partial charge in [-0.05, 0) is 12.8 Å². The van der Waals surface area contributed by atoms with Crippen molar-refractivity contribution in [2.75, 3.05) is 13.1 Å². The maximum atomic E-state index is 11.5. The zero-order valence-corrected chi connectivity index (χ0v) is 12.5. The molecular weight excluding hydrogens is 260 g/mol. The number of hydrogen-bond donors (Lipinski definition) is 4. The van der Waals surface area contributed by atoms with Gasteiger partial charge in [0.25, 0.3) is 11.8 Å². The highest BCUT2D eigenvalue weighted by Crippen LogP contribution is 1.97. The highest BCUT2D eigenvalue weighted by Gasteiger charge is 2.29. The molecule has 2 amide bonds. The first kappa shape index (κ1) is 18.9. The summed E-state index contributed by atoms with van der Waals surface area (Å²) in [4.78, 5) is 23.1. The highest BCUT2D eigenvalue weighted by atomic mass is 16.3. The molecule has 0 saturated heterocycles. The molecule has 118 valence electrons. The number of carbonyl (C=O) groups excluding carboxylic acids is 2. The molecule has 0 aliphatic heterocycles. The van der Waals surface area contributed by atoms with Gasteiger partial charge in [-0.3, -0.25) is 9.59 Å². The van der Waals surface area contributed by atoms with Gasteiger partial charge in [-0.2, -0.15) is 0 Å². The molecule has 0 aliphatic carbocycles. The lowest BCUT2D eigenvalue weighted by Gasteiger charge is -2.17. The second-order valence-corrected chi connectivity index (χ2v) is 4.89. The number of rotatable bonds is 11. The third-order valence-corrected chi connectivity index (χ3v) is 3.00. The zero-order chi connectivity index (χ0) is 15.4. The lowest BCUT2D eigenvalue weighted by atomic mass is 10.1. The molecule has 0 aromatic heterocycles. The largest absolute Gasteiger partial charge is 0.380 e. The lowest BCUT2D eigenvalue weighted by molar-refractivity contribution is -0.146. The summed E-state index contributed by atoms with van der Waals surface area (Å²) >= 11 is 0. The van der Waals surface area contributed by atoms with Crippen LogP contribution in [0, 0.1) is 0 Å². The molecule has 0 aromatic rings. The molecule has 0 aromatic carbocycles. The molecule has 0 unspecified atom stereocenters. The van der Waals surface area contributed by atoms with E-state index in [0.717, 1.165) is 38.5 Å². The summed E-state index contributed by atoms with van der Waals surface area (Å²) in [5, 5.41) is 24.2. The Bertz CT molecular complexity index is 256. The average molecular weight is 288 g/mol. The van der Waals surface area contributed by atoms with Gasteiger partial charge in [-0.25, -0.2) is 0 Å². The van der Waals surface area contributed by atoms with Crippen molar-refractivity contribution in [3.8, 4) is 0 Å². The molecule has 0 heterocycles. The van der Waals surface area contributed by atoms with E-state index in [1.807, 2.05) is 13.8 Å². The van der Waals surface area contributed by atoms with Crippen molar-refractivity contribution in [3.63, 3.8) is 0 Å². The molecule has 20 heavy (non-hydrogen) atoms. The summed E-state index contributed by atoms with van der Waals surface area (Å²) in [6.07, 6.45) is 2.21. The number of amides is 2. The molecule has 0 rings (SSSR count). The van der Waals surface area contributed by atoms with Gasteiger partial charge in [0.15, 0.2) is 12.2 Å². The van der Waals surface area contributed by atoms with Crippen LogP contribution < -0.4 is 10.6 Å². The van der Waals surface area contributed by atoms with E-state index in [1.54, 1.807) is 0 Å². The minimum atomic E-state index is -1.72. The molecule has 4 N–H and O–H groups in total. The number of hydrogen-bond acceptors (Lipinski definition) is 4. The molecule has 0 bridgehead atoms. The van der Waals surface area contributed by atoms with E-state index >= 15 is 0 Å². The Balaban J connectivity index is 3.95. The molecule has 6 heteroatoms. The lowest BCUT2D eigenvalue weighted by Crippen LogP contribution is -2.49. The van der Waals surface area contributed by atoms with Gasteiger partial charge in [0.05, 0.1) is 0 Å². The molecule has 0 saturated carbocycles. The predicted molar refractivity (Wildman–Crippen MR) is 77.1 cm³/mol. The fraction of sp³-hybridized carbons (Fsp3) is 0.857. The van der Waals surface area contributed by atoms with Gasteiger partial charge < -0.3 is 20.8 Å². The molecule has 2 atom stereocenters. The number of unbranched alkanes of at least 4 members (excludes halogenated alkanes) is 4. The van der Waals surface area contributed by atoms with Gasteiger partial charge in [0.2, 0.25) is 0 Å². The maximum absolute atomic E-state index is 11.5. The first-order valence-electron chi connectivity index (χ1n) is 7.46. The summed E-state index contributed by atoms with van der Waals surface area (Å²) in [5.41, 5.74) is 0.